The molecule has 0 unspecified atom stereocenters. The molecule has 0 atom stereocenters. The number of nitrogens with one attached hydrogen (secondary N) is 1. The van der Waals surface area contributed by atoms with Crippen LogP contribution < -0.4 is 11.1 Å². The predicted octanol–water partition coefficient (Wildman–Crippen LogP) is 3.14. The molecule has 0 saturated heterocycles. The number of anilines is 3. The van der Waals surface area contributed by atoms with Crippen LogP contribution in [0.2, 0.25) is 0 Å². The zero-order chi connectivity index (χ0) is 14.8. The molecule has 3 rings (SSSR count). The molecule has 3 N–H and O–H groups in total. The second kappa shape index (κ2) is 5.10. The summed E-state index contributed by atoms with van der Waals surface area (Å²) in [5.41, 5.74) is 9.93. The predicted molar refractivity (Wildman–Crippen MR) is 83.1 cm³/mol. The lowest BCUT2D eigenvalue weighted by molar-refractivity contribution is 1.22. The molecule has 0 spiro atoms. The van der Waals surface area contributed by atoms with Crippen molar-refractivity contribution < 1.29 is 0 Å². The maximum atomic E-state index is 8.81. The number of rotatable bonds is 2. The van der Waals surface area contributed by atoms with Crippen molar-refractivity contribution in [1.82, 2.24) is 9.97 Å². The lowest BCUT2D eigenvalue weighted by atomic mass is 10.1. The molecule has 0 fully saturated rings. The van der Waals surface area contributed by atoms with E-state index in [0.717, 1.165) is 22.2 Å². The highest BCUT2D eigenvalue weighted by Crippen LogP contribution is 2.28. The third kappa shape index (κ3) is 2.35. The first kappa shape index (κ1) is 12.9. The van der Waals surface area contributed by atoms with Crippen molar-refractivity contribution in [2.45, 2.75) is 6.92 Å². The van der Waals surface area contributed by atoms with Gasteiger partial charge in [-0.15, -0.1) is 0 Å². The van der Waals surface area contributed by atoms with Gasteiger partial charge < -0.3 is 11.1 Å². The number of nitriles is 1. The largest absolute Gasteiger partial charge is 0.397 e. The maximum Gasteiger partial charge on any atom is 0.141 e. The second-order valence-corrected chi connectivity index (χ2v) is 4.73. The number of aryl methyl sites for hydroxylation is 1. The summed E-state index contributed by atoms with van der Waals surface area (Å²) in [5.74, 6) is 0.691. The van der Waals surface area contributed by atoms with Crippen LogP contribution >= 0.6 is 0 Å². The highest BCUT2D eigenvalue weighted by Gasteiger charge is 2.08. The fourth-order valence-electron chi connectivity index (χ4n) is 2.12. The van der Waals surface area contributed by atoms with E-state index < -0.39 is 0 Å². The minimum absolute atomic E-state index is 0.618. The summed E-state index contributed by atoms with van der Waals surface area (Å²) in [6, 6.07) is 13.2. The molecule has 0 amide bonds. The SMILES string of the molecule is Cc1ccc2c(Nc3ccc(C#N)cc3)ncnc2c1N. The first-order valence-electron chi connectivity index (χ1n) is 6.46. The van der Waals surface area contributed by atoms with Crippen LogP contribution in [0.4, 0.5) is 17.2 Å². The van der Waals surface area contributed by atoms with E-state index in [1.807, 2.05) is 31.2 Å². The zero-order valence-corrected chi connectivity index (χ0v) is 11.5. The van der Waals surface area contributed by atoms with Crippen LogP contribution in [0.25, 0.3) is 10.9 Å². The molecule has 1 heterocycles. The van der Waals surface area contributed by atoms with Crippen molar-refractivity contribution in [3.63, 3.8) is 0 Å². The van der Waals surface area contributed by atoms with Crippen molar-refractivity contribution in [1.29, 1.82) is 5.26 Å². The average molecular weight is 275 g/mol. The fourth-order valence-corrected chi connectivity index (χ4v) is 2.12. The van der Waals surface area contributed by atoms with E-state index in [0.29, 0.717) is 17.1 Å². The number of nitrogen functional groups attached to an aromatic ring is 1. The Labute approximate surface area is 122 Å². The lowest BCUT2D eigenvalue weighted by Crippen LogP contribution is -1.99. The van der Waals surface area contributed by atoms with Crippen LogP contribution in [0.1, 0.15) is 11.1 Å². The van der Waals surface area contributed by atoms with Crippen LogP contribution in [0.15, 0.2) is 42.7 Å². The van der Waals surface area contributed by atoms with Gasteiger partial charge in [0.25, 0.3) is 0 Å². The van der Waals surface area contributed by atoms with Gasteiger partial charge in [-0.05, 0) is 42.8 Å². The van der Waals surface area contributed by atoms with Gasteiger partial charge >= 0.3 is 0 Å². The Morgan fingerprint density at radius 2 is 1.86 bits per heavy atom. The van der Waals surface area contributed by atoms with Gasteiger partial charge in [-0.1, -0.05) is 6.07 Å². The normalized spacial score (nSPS) is 10.3. The molecule has 0 saturated carbocycles. The summed E-state index contributed by atoms with van der Waals surface area (Å²) in [6.07, 6.45) is 1.49. The number of fused-ring (bicyclic) bond motifs is 1. The number of hydrogen-bond acceptors (Lipinski definition) is 5. The van der Waals surface area contributed by atoms with Gasteiger partial charge in [0.2, 0.25) is 0 Å². The first-order chi connectivity index (χ1) is 10.2. The Kier molecular flexibility index (Phi) is 3.13. The molecule has 0 bridgehead atoms. The molecule has 5 nitrogen and oxygen atoms in total. The summed E-state index contributed by atoms with van der Waals surface area (Å²) in [4.78, 5) is 8.52. The van der Waals surface area contributed by atoms with E-state index >= 15 is 0 Å². The molecule has 1 aromatic heterocycles. The number of nitrogens with zero attached hydrogens (tertiary/aromatic N) is 3. The zero-order valence-electron chi connectivity index (χ0n) is 11.5. The molecular formula is C16H13N5. The van der Waals surface area contributed by atoms with Crippen molar-refractivity contribution in [3.05, 3.63) is 53.9 Å². The highest BCUT2D eigenvalue weighted by atomic mass is 15.0. The van der Waals surface area contributed by atoms with E-state index in [1.54, 1.807) is 12.1 Å². The van der Waals surface area contributed by atoms with E-state index in [-0.39, 0.29) is 0 Å². The minimum atomic E-state index is 0.618. The summed E-state index contributed by atoms with van der Waals surface area (Å²) >= 11 is 0. The van der Waals surface area contributed by atoms with Crippen LogP contribution in [0.3, 0.4) is 0 Å². The summed E-state index contributed by atoms with van der Waals surface area (Å²) in [6.45, 7) is 1.95. The Bertz CT molecular complexity index is 847. The molecule has 3 aromatic rings. The molecule has 0 radical (unpaired) electrons. The molecular weight excluding hydrogens is 262 g/mol. The van der Waals surface area contributed by atoms with E-state index in [4.69, 9.17) is 11.0 Å². The van der Waals surface area contributed by atoms with Crippen LogP contribution in [-0.4, -0.2) is 9.97 Å². The van der Waals surface area contributed by atoms with E-state index in [9.17, 15) is 0 Å². The van der Waals surface area contributed by atoms with Crippen LogP contribution in [-0.2, 0) is 0 Å². The molecule has 0 aliphatic heterocycles. The van der Waals surface area contributed by atoms with Gasteiger partial charge in [0.15, 0.2) is 0 Å². The van der Waals surface area contributed by atoms with Crippen LogP contribution in [0, 0.1) is 18.3 Å². The molecule has 2 aromatic carbocycles. The van der Waals surface area contributed by atoms with Crippen molar-refractivity contribution >= 4 is 28.1 Å². The van der Waals surface area contributed by atoms with Crippen molar-refractivity contribution in [2.75, 3.05) is 11.1 Å². The topological polar surface area (TPSA) is 87.6 Å². The molecule has 0 aliphatic carbocycles. The average Bonchev–Trinajstić information content (AvgIpc) is 2.52. The monoisotopic (exact) mass is 275 g/mol. The summed E-state index contributed by atoms with van der Waals surface area (Å²) in [5, 5.41) is 12.9. The third-order valence-corrected chi connectivity index (χ3v) is 3.34. The van der Waals surface area contributed by atoms with Gasteiger partial charge in [0, 0.05) is 11.1 Å². The highest BCUT2D eigenvalue weighted by molar-refractivity contribution is 5.98. The Balaban J connectivity index is 2.04. The van der Waals surface area contributed by atoms with Crippen LogP contribution in [0.5, 0.6) is 0 Å². The maximum absolute atomic E-state index is 8.81. The summed E-state index contributed by atoms with van der Waals surface area (Å²) < 4.78 is 0. The third-order valence-electron chi connectivity index (χ3n) is 3.34. The smallest absolute Gasteiger partial charge is 0.141 e. The molecule has 102 valence electrons. The van der Waals surface area contributed by atoms with Gasteiger partial charge in [-0.25, -0.2) is 9.97 Å². The van der Waals surface area contributed by atoms with Gasteiger partial charge in [0.05, 0.1) is 22.8 Å². The van der Waals surface area contributed by atoms with E-state index in [1.165, 1.54) is 6.33 Å². The standard InChI is InChI=1S/C16H13N5/c1-10-2-7-13-15(14(10)18)19-9-20-16(13)21-12-5-3-11(8-17)4-6-12/h2-7,9H,18H2,1H3,(H,19,20,21). The number of aromatic nitrogens is 2. The Morgan fingerprint density at radius 3 is 2.57 bits per heavy atom. The molecule has 0 aliphatic rings. The van der Waals surface area contributed by atoms with Crippen molar-refractivity contribution in [3.8, 4) is 6.07 Å². The second-order valence-electron chi connectivity index (χ2n) is 4.73. The van der Waals surface area contributed by atoms with Gasteiger partial charge in [-0.2, -0.15) is 5.26 Å². The lowest BCUT2D eigenvalue weighted by Gasteiger charge is -2.10. The quantitative estimate of drug-likeness (QED) is 0.701. The number of hydrogen-bond donors (Lipinski definition) is 2. The molecule has 21 heavy (non-hydrogen) atoms. The fraction of sp³-hybridized carbons (Fsp3) is 0.0625. The Hall–Kier alpha value is -3.13. The van der Waals surface area contributed by atoms with Gasteiger partial charge in [0.1, 0.15) is 12.1 Å². The van der Waals surface area contributed by atoms with E-state index in [2.05, 4.69) is 21.4 Å². The number of benzene rings is 2. The number of nitrogens with two attached hydrogens (primary N) is 1. The van der Waals surface area contributed by atoms with Gasteiger partial charge in [-0.3, -0.25) is 0 Å². The van der Waals surface area contributed by atoms with Crippen molar-refractivity contribution in [2.24, 2.45) is 0 Å². The first-order valence-corrected chi connectivity index (χ1v) is 6.46. The molecule has 5 heteroatoms. The minimum Gasteiger partial charge on any atom is -0.397 e. The Morgan fingerprint density at radius 1 is 1.10 bits per heavy atom. The summed E-state index contributed by atoms with van der Waals surface area (Å²) in [7, 11) is 0.